The van der Waals surface area contributed by atoms with Crippen molar-refractivity contribution in [1.29, 1.82) is 0 Å². The van der Waals surface area contributed by atoms with Crippen LogP contribution in [0, 0.1) is 6.92 Å². The third-order valence-electron chi connectivity index (χ3n) is 3.62. The first-order chi connectivity index (χ1) is 10.7. The standard InChI is InChI=1S/C16H19ClN4O/c1-13-15(11-18-20-7-9-22-10-8-20)16(17)21(19-13)12-14-5-3-2-4-6-14/h2-6,11H,7-10,12H2,1H3. The molecule has 2 heterocycles. The van der Waals surface area contributed by atoms with Crippen molar-refractivity contribution in [1.82, 2.24) is 14.8 Å². The van der Waals surface area contributed by atoms with Gasteiger partial charge in [-0.25, -0.2) is 4.68 Å². The number of morpholine rings is 1. The molecule has 0 atom stereocenters. The number of rotatable bonds is 4. The van der Waals surface area contributed by atoms with E-state index in [0.29, 0.717) is 11.7 Å². The molecule has 0 saturated carbocycles. The van der Waals surface area contributed by atoms with E-state index in [2.05, 4.69) is 22.3 Å². The van der Waals surface area contributed by atoms with Crippen molar-refractivity contribution in [2.24, 2.45) is 5.10 Å². The van der Waals surface area contributed by atoms with Gasteiger partial charge in [0, 0.05) is 0 Å². The topological polar surface area (TPSA) is 42.7 Å². The van der Waals surface area contributed by atoms with Crippen molar-refractivity contribution in [2.45, 2.75) is 13.5 Å². The van der Waals surface area contributed by atoms with E-state index in [-0.39, 0.29) is 0 Å². The molecule has 0 radical (unpaired) electrons. The zero-order chi connectivity index (χ0) is 15.4. The second kappa shape index (κ2) is 6.94. The molecule has 1 aromatic carbocycles. The molecule has 1 aromatic heterocycles. The van der Waals surface area contributed by atoms with Gasteiger partial charge in [0.15, 0.2) is 0 Å². The zero-order valence-electron chi connectivity index (χ0n) is 12.6. The molecule has 0 amide bonds. The van der Waals surface area contributed by atoms with E-state index in [0.717, 1.165) is 37.6 Å². The summed E-state index contributed by atoms with van der Waals surface area (Å²) in [6.45, 7) is 5.67. The van der Waals surface area contributed by atoms with Gasteiger partial charge >= 0.3 is 0 Å². The molecule has 0 unspecified atom stereocenters. The van der Waals surface area contributed by atoms with Gasteiger partial charge in [0.2, 0.25) is 0 Å². The maximum Gasteiger partial charge on any atom is 0.136 e. The largest absolute Gasteiger partial charge is 0.378 e. The molecule has 22 heavy (non-hydrogen) atoms. The van der Waals surface area contributed by atoms with Crippen molar-refractivity contribution >= 4 is 17.8 Å². The molecule has 0 spiro atoms. The maximum absolute atomic E-state index is 6.46. The summed E-state index contributed by atoms with van der Waals surface area (Å²) < 4.78 is 7.12. The summed E-state index contributed by atoms with van der Waals surface area (Å²) in [7, 11) is 0. The van der Waals surface area contributed by atoms with E-state index >= 15 is 0 Å². The first kappa shape index (κ1) is 15.1. The van der Waals surface area contributed by atoms with Crippen molar-refractivity contribution in [3.05, 3.63) is 52.3 Å². The Bertz CT molecular complexity index is 648. The van der Waals surface area contributed by atoms with Crippen molar-refractivity contribution in [3.63, 3.8) is 0 Å². The summed E-state index contributed by atoms with van der Waals surface area (Å²) in [5, 5.41) is 11.6. The Morgan fingerprint density at radius 1 is 1.27 bits per heavy atom. The predicted molar refractivity (Wildman–Crippen MR) is 87.5 cm³/mol. The van der Waals surface area contributed by atoms with Crippen LogP contribution in [0.25, 0.3) is 0 Å². The lowest BCUT2D eigenvalue weighted by Crippen LogP contribution is -2.32. The fraction of sp³-hybridized carbons (Fsp3) is 0.375. The fourth-order valence-electron chi connectivity index (χ4n) is 2.38. The minimum atomic E-state index is 0.623. The van der Waals surface area contributed by atoms with Crippen LogP contribution in [-0.4, -0.2) is 47.3 Å². The lowest BCUT2D eigenvalue weighted by Gasteiger charge is -2.23. The van der Waals surface area contributed by atoms with Gasteiger partial charge in [-0.3, -0.25) is 5.01 Å². The molecular weight excluding hydrogens is 300 g/mol. The molecular formula is C16H19ClN4O. The number of aryl methyl sites for hydroxylation is 1. The van der Waals surface area contributed by atoms with E-state index in [4.69, 9.17) is 16.3 Å². The minimum Gasteiger partial charge on any atom is -0.378 e. The Balaban J connectivity index is 1.76. The Morgan fingerprint density at radius 2 is 2.00 bits per heavy atom. The third kappa shape index (κ3) is 3.48. The fourth-order valence-corrected chi connectivity index (χ4v) is 2.67. The van der Waals surface area contributed by atoms with Gasteiger partial charge in [-0.1, -0.05) is 41.9 Å². The van der Waals surface area contributed by atoms with Gasteiger partial charge in [-0.15, -0.1) is 0 Å². The normalized spacial score (nSPS) is 15.6. The van der Waals surface area contributed by atoms with Crippen LogP contribution in [0.3, 0.4) is 0 Å². The second-order valence-corrected chi connectivity index (χ2v) is 5.60. The maximum atomic E-state index is 6.46. The summed E-state index contributed by atoms with van der Waals surface area (Å²) >= 11 is 6.46. The SMILES string of the molecule is Cc1nn(Cc2ccccc2)c(Cl)c1C=NN1CCOCC1. The lowest BCUT2D eigenvalue weighted by atomic mass is 10.2. The smallest absolute Gasteiger partial charge is 0.136 e. The van der Waals surface area contributed by atoms with Gasteiger partial charge < -0.3 is 4.74 Å². The average molecular weight is 319 g/mol. The summed E-state index contributed by atoms with van der Waals surface area (Å²) in [6, 6.07) is 10.2. The lowest BCUT2D eigenvalue weighted by molar-refractivity contribution is 0.0397. The Morgan fingerprint density at radius 3 is 2.73 bits per heavy atom. The van der Waals surface area contributed by atoms with Gasteiger partial charge in [-0.05, 0) is 12.5 Å². The molecule has 3 rings (SSSR count). The summed E-state index contributed by atoms with van der Waals surface area (Å²) in [6.07, 6.45) is 1.80. The summed E-state index contributed by atoms with van der Waals surface area (Å²) in [5.41, 5.74) is 2.94. The minimum absolute atomic E-state index is 0.623. The first-order valence-corrected chi connectivity index (χ1v) is 7.75. The number of hydrogen-bond donors (Lipinski definition) is 0. The quantitative estimate of drug-likeness (QED) is 0.814. The molecule has 1 saturated heterocycles. The van der Waals surface area contributed by atoms with Gasteiger partial charge in [0.1, 0.15) is 5.15 Å². The molecule has 5 nitrogen and oxygen atoms in total. The number of halogens is 1. The molecule has 6 heteroatoms. The first-order valence-electron chi connectivity index (χ1n) is 7.37. The second-order valence-electron chi connectivity index (χ2n) is 5.24. The van der Waals surface area contributed by atoms with Gasteiger partial charge in [0.25, 0.3) is 0 Å². The summed E-state index contributed by atoms with van der Waals surface area (Å²) in [4.78, 5) is 0. The highest BCUT2D eigenvalue weighted by Crippen LogP contribution is 2.19. The van der Waals surface area contributed by atoms with Crippen molar-refractivity contribution in [3.8, 4) is 0 Å². The molecule has 1 aliphatic rings. The van der Waals surface area contributed by atoms with Crippen molar-refractivity contribution < 1.29 is 4.74 Å². The van der Waals surface area contributed by atoms with Crippen LogP contribution in [0.15, 0.2) is 35.4 Å². The highest BCUT2D eigenvalue weighted by atomic mass is 35.5. The molecule has 0 N–H and O–H groups in total. The average Bonchev–Trinajstić information content (AvgIpc) is 2.81. The Kier molecular flexibility index (Phi) is 4.75. The van der Waals surface area contributed by atoms with Crippen LogP contribution in [0.5, 0.6) is 0 Å². The van der Waals surface area contributed by atoms with Crippen LogP contribution in [0.4, 0.5) is 0 Å². The highest BCUT2D eigenvalue weighted by molar-refractivity contribution is 6.32. The molecule has 0 aliphatic carbocycles. The Hall–Kier alpha value is -1.85. The van der Waals surface area contributed by atoms with E-state index in [1.165, 1.54) is 5.56 Å². The number of aromatic nitrogens is 2. The molecule has 0 bridgehead atoms. The highest BCUT2D eigenvalue weighted by Gasteiger charge is 2.13. The van der Waals surface area contributed by atoms with Crippen LogP contribution < -0.4 is 0 Å². The number of nitrogens with zero attached hydrogens (tertiary/aromatic N) is 4. The zero-order valence-corrected chi connectivity index (χ0v) is 13.3. The van der Waals surface area contributed by atoms with Crippen LogP contribution in [-0.2, 0) is 11.3 Å². The third-order valence-corrected chi connectivity index (χ3v) is 4.02. The number of hydrogen-bond acceptors (Lipinski definition) is 4. The van der Waals surface area contributed by atoms with E-state index in [1.54, 1.807) is 6.21 Å². The molecule has 1 fully saturated rings. The predicted octanol–water partition coefficient (Wildman–Crippen LogP) is 2.56. The van der Waals surface area contributed by atoms with Crippen LogP contribution >= 0.6 is 11.6 Å². The molecule has 1 aliphatic heterocycles. The number of hydrazone groups is 1. The molecule has 2 aromatic rings. The van der Waals surface area contributed by atoms with Crippen molar-refractivity contribution in [2.75, 3.05) is 26.3 Å². The van der Waals surface area contributed by atoms with E-state index in [1.807, 2.05) is 34.8 Å². The number of benzene rings is 1. The van der Waals surface area contributed by atoms with E-state index in [9.17, 15) is 0 Å². The monoisotopic (exact) mass is 318 g/mol. The number of ether oxygens (including phenoxy) is 1. The molecule has 116 valence electrons. The van der Waals surface area contributed by atoms with Gasteiger partial charge in [0.05, 0.1) is 50.3 Å². The van der Waals surface area contributed by atoms with E-state index < -0.39 is 0 Å². The van der Waals surface area contributed by atoms with Crippen LogP contribution in [0.2, 0.25) is 5.15 Å². The van der Waals surface area contributed by atoms with Gasteiger partial charge in [-0.2, -0.15) is 10.2 Å². The Labute approximate surface area is 135 Å². The summed E-state index contributed by atoms with van der Waals surface area (Å²) in [5.74, 6) is 0. The van der Waals surface area contributed by atoms with Crippen LogP contribution in [0.1, 0.15) is 16.8 Å².